The van der Waals surface area contributed by atoms with E-state index in [1.165, 1.54) is 6.26 Å². The van der Waals surface area contributed by atoms with Crippen LogP contribution in [0.25, 0.3) is 0 Å². The molecule has 1 heterocycles. The van der Waals surface area contributed by atoms with Gasteiger partial charge in [-0.25, -0.2) is 4.79 Å². The predicted molar refractivity (Wildman–Crippen MR) is 41.7 cm³/mol. The Morgan fingerprint density at radius 2 is 2.45 bits per heavy atom. The van der Waals surface area contributed by atoms with Gasteiger partial charge < -0.3 is 9.15 Å². The Balaban J connectivity index is 0.000001000. The van der Waals surface area contributed by atoms with E-state index in [2.05, 4.69) is 11.3 Å². The summed E-state index contributed by atoms with van der Waals surface area (Å²) in [4.78, 5) is 10.5. The first kappa shape index (κ1) is 10.5. The van der Waals surface area contributed by atoms with Crippen LogP contribution in [0.2, 0.25) is 0 Å². The number of rotatable bonds is 2. The average molecular weight is 162 g/mol. The predicted octanol–water partition coefficient (Wildman–Crippen LogP) is 0.722. The minimum atomic E-state index is -0.519. The molecule has 0 amide bonds. The van der Waals surface area contributed by atoms with Crippen LogP contribution in [0.1, 0.15) is 0 Å². The second-order valence-corrected chi connectivity index (χ2v) is 1.56. The number of ether oxygens (including phenoxy) is 1. The molecule has 0 saturated carbocycles. The van der Waals surface area contributed by atoms with Crippen LogP contribution in [0, 0.1) is 0 Å². The van der Waals surface area contributed by atoms with Crippen molar-refractivity contribution in [1.29, 1.82) is 0 Å². The van der Waals surface area contributed by atoms with E-state index in [-0.39, 0.29) is 35.5 Å². The van der Waals surface area contributed by atoms with Gasteiger partial charge in [0.25, 0.3) is 5.95 Å². The molecule has 1 aromatic rings. The van der Waals surface area contributed by atoms with Crippen molar-refractivity contribution in [2.24, 2.45) is 0 Å². The minimum absolute atomic E-state index is 0. The molecule has 3 nitrogen and oxygen atoms in total. The van der Waals surface area contributed by atoms with E-state index >= 15 is 0 Å². The summed E-state index contributed by atoms with van der Waals surface area (Å²) >= 11 is 0. The molecule has 0 N–H and O–H groups in total. The molecule has 0 saturated heterocycles. The van der Waals surface area contributed by atoms with Gasteiger partial charge in [0.15, 0.2) is 0 Å². The molecule has 0 aliphatic rings. The molecule has 0 aliphatic carbocycles. The van der Waals surface area contributed by atoms with E-state index < -0.39 is 5.97 Å². The van der Waals surface area contributed by atoms with E-state index in [0.717, 1.165) is 6.08 Å². The zero-order valence-corrected chi connectivity index (χ0v) is 5.24. The summed E-state index contributed by atoms with van der Waals surface area (Å²) in [5.41, 5.74) is 0. The van der Waals surface area contributed by atoms with Gasteiger partial charge in [-0.2, -0.15) is 0 Å². The van der Waals surface area contributed by atoms with E-state index in [4.69, 9.17) is 4.42 Å². The zero-order chi connectivity index (χ0) is 7.40. The third kappa shape index (κ3) is 3.41. The van der Waals surface area contributed by atoms with Gasteiger partial charge in [-0.05, 0) is 6.07 Å². The van der Waals surface area contributed by atoms with Crippen molar-refractivity contribution in [1.82, 2.24) is 0 Å². The van der Waals surface area contributed by atoms with Gasteiger partial charge in [0.05, 0.1) is 6.26 Å². The van der Waals surface area contributed by atoms with Gasteiger partial charge in [-0.3, -0.25) is 0 Å². The van der Waals surface area contributed by atoms with Gasteiger partial charge >= 0.3 is 35.5 Å². The molecule has 0 aliphatic heterocycles. The van der Waals surface area contributed by atoms with Crippen LogP contribution >= 0.6 is 0 Å². The summed E-state index contributed by atoms with van der Waals surface area (Å²) < 4.78 is 9.30. The fourth-order valence-electron chi connectivity index (χ4n) is 0.462. The van der Waals surface area contributed by atoms with E-state index in [0.29, 0.717) is 0 Å². The molecule has 11 heavy (non-hydrogen) atoms. The summed E-state index contributed by atoms with van der Waals surface area (Å²) in [6, 6.07) is 3.17. The molecular formula is C7H7NaO3. The first-order valence-corrected chi connectivity index (χ1v) is 2.70. The van der Waals surface area contributed by atoms with Crippen molar-refractivity contribution >= 4 is 35.5 Å². The van der Waals surface area contributed by atoms with E-state index in [9.17, 15) is 4.79 Å². The summed E-state index contributed by atoms with van der Waals surface area (Å²) in [5.74, 6) is -0.333. The van der Waals surface area contributed by atoms with Crippen molar-refractivity contribution in [2.75, 3.05) is 0 Å². The fraction of sp³-hybridized carbons (Fsp3) is 0. The van der Waals surface area contributed by atoms with Crippen LogP contribution in [0.4, 0.5) is 0 Å². The van der Waals surface area contributed by atoms with Crippen LogP contribution < -0.4 is 4.74 Å². The summed E-state index contributed by atoms with van der Waals surface area (Å²) in [6.45, 7) is 3.22. The standard InChI is InChI=1S/C7H6O3.Na.H/c1-2-6(8)10-7-4-3-5-9-7;;/h2-5H,1H2;;. The normalized spacial score (nSPS) is 8.00. The Hall–Kier alpha value is -0.510. The van der Waals surface area contributed by atoms with Crippen LogP contribution in [-0.4, -0.2) is 35.5 Å². The fourth-order valence-corrected chi connectivity index (χ4v) is 0.462. The maximum atomic E-state index is 10.5. The number of hydrogen-bond acceptors (Lipinski definition) is 3. The Kier molecular flexibility index (Phi) is 4.94. The molecular weight excluding hydrogens is 155 g/mol. The molecule has 0 fully saturated rings. The molecule has 4 heteroatoms. The summed E-state index contributed by atoms with van der Waals surface area (Å²) in [7, 11) is 0. The second-order valence-electron chi connectivity index (χ2n) is 1.56. The van der Waals surface area contributed by atoms with Gasteiger partial charge in [0, 0.05) is 12.1 Å². The number of esters is 1. The third-order valence-electron chi connectivity index (χ3n) is 0.863. The molecule has 0 atom stereocenters. The van der Waals surface area contributed by atoms with Crippen molar-refractivity contribution in [3.63, 3.8) is 0 Å². The molecule has 0 spiro atoms. The van der Waals surface area contributed by atoms with E-state index in [1.807, 2.05) is 0 Å². The van der Waals surface area contributed by atoms with Crippen molar-refractivity contribution in [3.05, 3.63) is 31.1 Å². The Bertz CT molecular complexity index is 228. The number of carbonyl (C=O) groups is 1. The van der Waals surface area contributed by atoms with Gasteiger partial charge in [-0.1, -0.05) is 6.58 Å². The van der Waals surface area contributed by atoms with E-state index in [1.54, 1.807) is 12.1 Å². The maximum absolute atomic E-state index is 10.5. The molecule has 54 valence electrons. The SMILES string of the molecule is C=CC(=O)Oc1ccco1.[NaH]. The second kappa shape index (κ2) is 5.18. The first-order valence-electron chi connectivity index (χ1n) is 2.70. The Morgan fingerprint density at radius 1 is 1.73 bits per heavy atom. The molecule has 0 unspecified atom stereocenters. The monoisotopic (exact) mass is 162 g/mol. The molecule has 0 bridgehead atoms. The number of hydrogen-bond donors (Lipinski definition) is 0. The topological polar surface area (TPSA) is 39.4 Å². The molecule has 0 aromatic carbocycles. The number of furan rings is 1. The zero-order valence-electron chi connectivity index (χ0n) is 5.24. The Morgan fingerprint density at radius 3 is 2.91 bits per heavy atom. The van der Waals surface area contributed by atoms with Crippen LogP contribution in [0.5, 0.6) is 5.95 Å². The summed E-state index contributed by atoms with van der Waals surface area (Å²) in [6.07, 6.45) is 2.49. The van der Waals surface area contributed by atoms with Gasteiger partial charge in [-0.15, -0.1) is 0 Å². The number of carbonyl (C=O) groups excluding carboxylic acids is 1. The van der Waals surface area contributed by atoms with Crippen molar-refractivity contribution in [2.45, 2.75) is 0 Å². The van der Waals surface area contributed by atoms with Gasteiger partial charge in [0.2, 0.25) is 0 Å². The molecule has 1 rings (SSSR count). The quantitative estimate of drug-likeness (QED) is 0.365. The van der Waals surface area contributed by atoms with Crippen LogP contribution in [0.15, 0.2) is 35.5 Å². The van der Waals surface area contributed by atoms with Crippen molar-refractivity contribution in [3.8, 4) is 5.95 Å². The van der Waals surface area contributed by atoms with Crippen LogP contribution in [0.3, 0.4) is 0 Å². The Labute approximate surface area is 86.3 Å². The average Bonchev–Trinajstić information content (AvgIpc) is 2.40. The summed E-state index contributed by atoms with van der Waals surface area (Å²) in [5, 5.41) is 0. The van der Waals surface area contributed by atoms with Crippen LogP contribution in [-0.2, 0) is 4.79 Å². The third-order valence-corrected chi connectivity index (χ3v) is 0.863. The molecule has 0 radical (unpaired) electrons. The molecule has 1 aromatic heterocycles. The van der Waals surface area contributed by atoms with Gasteiger partial charge in [0.1, 0.15) is 0 Å². The first-order chi connectivity index (χ1) is 4.83. The van der Waals surface area contributed by atoms with Crippen molar-refractivity contribution < 1.29 is 13.9 Å².